The monoisotopic (exact) mass is 310 g/mol. The van der Waals surface area contributed by atoms with Crippen molar-refractivity contribution in [1.82, 2.24) is 0 Å². The maximum atomic E-state index is 6.03. The number of rotatable bonds is 4. The zero-order chi connectivity index (χ0) is 15.7. The van der Waals surface area contributed by atoms with E-state index in [0.29, 0.717) is 0 Å². The van der Waals surface area contributed by atoms with Crippen molar-refractivity contribution in [3.05, 3.63) is 47.5 Å². The van der Waals surface area contributed by atoms with Gasteiger partial charge in [-0.3, -0.25) is 0 Å². The molecule has 0 amide bonds. The second kappa shape index (κ2) is 5.92. The van der Waals surface area contributed by atoms with Crippen LogP contribution in [0.4, 0.5) is 0 Å². The van der Waals surface area contributed by atoms with E-state index < -0.39 is 8.07 Å². The number of hydrogen-bond acceptors (Lipinski definition) is 1. The smallest absolute Gasteiger partial charge is 0.127 e. The molecule has 2 heteroatoms. The lowest BCUT2D eigenvalue weighted by atomic mass is 9.93. The Morgan fingerprint density at radius 3 is 2.55 bits per heavy atom. The molecule has 0 radical (unpaired) electrons. The third kappa shape index (κ3) is 2.85. The van der Waals surface area contributed by atoms with Gasteiger partial charge in [-0.2, -0.15) is 0 Å². The van der Waals surface area contributed by atoms with Crippen LogP contribution in [0.5, 0.6) is 5.75 Å². The minimum absolute atomic E-state index is 0.722. The standard InChI is InChI=1S/C20H26OSi/c1-5-6-9-15-12-17-16-10-7-8-11-19(16)21-14-18(17)20(13-15)22(2,3)4/h7-8,10-13H,5-6,9,14H2,1-4H3. The average Bonchev–Trinajstić information content (AvgIpc) is 2.51. The first-order valence-electron chi connectivity index (χ1n) is 8.39. The van der Waals surface area contributed by atoms with E-state index in [0.717, 1.165) is 12.4 Å². The summed E-state index contributed by atoms with van der Waals surface area (Å²) in [5, 5.41) is 1.57. The Morgan fingerprint density at radius 2 is 1.82 bits per heavy atom. The largest absolute Gasteiger partial charge is 0.488 e. The summed E-state index contributed by atoms with van der Waals surface area (Å²) in [6.45, 7) is 10.3. The molecular formula is C20H26OSi. The lowest BCUT2D eigenvalue weighted by Crippen LogP contribution is -2.41. The van der Waals surface area contributed by atoms with Gasteiger partial charge in [0.05, 0.1) is 8.07 Å². The lowest BCUT2D eigenvalue weighted by molar-refractivity contribution is 0.303. The van der Waals surface area contributed by atoms with Gasteiger partial charge in [0.15, 0.2) is 0 Å². The zero-order valence-corrected chi connectivity index (χ0v) is 15.2. The van der Waals surface area contributed by atoms with E-state index in [9.17, 15) is 0 Å². The van der Waals surface area contributed by atoms with Crippen LogP contribution in [0.15, 0.2) is 36.4 Å². The third-order valence-electron chi connectivity index (χ3n) is 4.49. The molecule has 1 nitrogen and oxygen atoms in total. The van der Waals surface area contributed by atoms with Crippen molar-refractivity contribution in [3.63, 3.8) is 0 Å². The molecule has 0 atom stereocenters. The maximum Gasteiger partial charge on any atom is 0.127 e. The van der Waals surface area contributed by atoms with Gasteiger partial charge in [0.1, 0.15) is 12.4 Å². The van der Waals surface area contributed by atoms with Crippen LogP contribution in [-0.4, -0.2) is 8.07 Å². The average molecular weight is 311 g/mol. The second-order valence-corrected chi connectivity index (χ2v) is 12.3. The summed E-state index contributed by atoms with van der Waals surface area (Å²) in [6.07, 6.45) is 3.70. The normalized spacial score (nSPS) is 13.3. The molecular weight excluding hydrogens is 284 g/mol. The summed E-state index contributed by atoms with van der Waals surface area (Å²) in [5.41, 5.74) is 5.60. The molecule has 1 aliphatic heterocycles. The highest BCUT2D eigenvalue weighted by Crippen LogP contribution is 2.37. The molecule has 0 saturated heterocycles. The van der Waals surface area contributed by atoms with Crippen molar-refractivity contribution in [1.29, 1.82) is 0 Å². The Balaban J connectivity index is 2.18. The predicted octanol–water partition coefficient (Wildman–Crippen LogP) is 5.13. The summed E-state index contributed by atoms with van der Waals surface area (Å²) in [4.78, 5) is 0. The van der Waals surface area contributed by atoms with Gasteiger partial charge >= 0.3 is 0 Å². The molecule has 0 unspecified atom stereocenters. The molecule has 3 rings (SSSR count). The molecule has 0 spiro atoms. The molecule has 0 aliphatic carbocycles. The van der Waals surface area contributed by atoms with E-state index in [1.165, 1.54) is 41.5 Å². The van der Waals surface area contributed by atoms with E-state index in [-0.39, 0.29) is 0 Å². The van der Waals surface area contributed by atoms with E-state index in [1.807, 2.05) is 0 Å². The Morgan fingerprint density at radius 1 is 1.05 bits per heavy atom. The first kappa shape index (κ1) is 15.4. The molecule has 2 aromatic rings. The predicted molar refractivity (Wildman–Crippen MR) is 97.8 cm³/mol. The van der Waals surface area contributed by atoms with Crippen molar-refractivity contribution in [2.75, 3.05) is 0 Å². The number of aryl methyl sites for hydroxylation is 1. The Kier molecular flexibility index (Phi) is 4.13. The molecule has 1 heterocycles. The number of ether oxygens (including phenoxy) is 1. The molecule has 0 bridgehead atoms. The van der Waals surface area contributed by atoms with E-state index >= 15 is 0 Å². The first-order chi connectivity index (χ1) is 10.5. The van der Waals surface area contributed by atoms with Gasteiger partial charge in [0.25, 0.3) is 0 Å². The van der Waals surface area contributed by atoms with Crippen LogP contribution in [0.1, 0.15) is 30.9 Å². The van der Waals surface area contributed by atoms with Gasteiger partial charge in [-0.05, 0) is 35.6 Å². The van der Waals surface area contributed by atoms with E-state index in [2.05, 4.69) is 63.0 Å². The van der Waals surface area contributed by atoms with Crippen LogP contribution in [0.3, 0.4) is 0 Å². The van der Waals surface area contributed by atoms with Crippen LogP contribution in [0.2, 0.25) is 19.6 Å². The van der Waals surface area contributed by atoms with Crippen molar-refractivity contribution < 1.29 is 4.74 Å². The molecule has 0 fully saturated rings. The maximum absolute atomic E-state index is 6.03. The molecule has 1 aliphatic rings. The quantitative estimate of drug-likeness (QED) is 0.711. The van der Waals surface area contributed by atoms with Crippen LogP contribution < -0.4 is 9.92 Å². The van der Waals surface area contributed by atoms with Crippen molar-refractivity contribution in [2.45, 2.75) is 52.4 Å². The highest BCUT2D eigenvalue weighted by atomic mass is 28.3. The van der Waals surface area contributed by atoms with E-state index in [1.54, 1.807) is 5.19 Å². The Bertz CT molecular complexity index is 683. The van der Waals surface area contributed by atoms with E-state index in [4.69, 9.17) is 4.74 Å². The number of benzene rings is 2. The van der Waals surface area contributed by atoms with Crippen molar-refractivity contribution in [3.8, 4) is 16.9 Å². The zero-order valence-electron chi connectivity index (χ0n) is 14.2. The van der Waals surface area contributed by atoms with Crippen LogP contribution >= 0.6 is 0 Å². The summed E-state index contributed by atoms with van der Waals surface area (Å²) in [7, 11) is -1.38. The number of para-hydroxylation sites is 1. The highest BCUT2D eigenvalue weighted by Gasteiger charge is 2.27. The molecule has 0 N–H and O–H groups in total. The summed E-state index contributed by atoms with van der Waals surface area (Å²) in [6, 6.07) is 13.3. The van der Waals surface area contributed by atoms with Gasteiger partial charge in [-0.1, -0.05) is 68.5 Å². The fraction of sp³-hybridized carbons (Fsp3) is 0.400. The number of hydrogen-bond donors (Lipinski definition) is 0. The van der Waals surface area contributed by atoms with Crippen molar-refractivity contribution >= 4 is 13.3 Å². The van der Waals surface area contributed by atoms with Gasteiger partial charge in [0, 0.05) is 5.56 Å². The molecule has 0 saturated carbocycles. The fourth-order valence-electron chi connectivity index (χ4n) is 3.29. The third-order valence-corrected chi connectivity index (χ3v) is 6.55. The fourth-order valence-corrected chi connectivity index (χ4v) is 5.02. The number of unbranched alkanes of at least 4 members (excludes halogenated alkanes) is 1. The molecule has 0 aromatic heterocycles. The number of fused-ring (bicyclic) bond motifs is 3. The van der Waals surface area contributed by atoms with Crippen LogP contribution in [0.25, 0.3) is 11.1 Å². The first-order valence-corrected chi connectivity index (χ1v) is 11.9. The summed E-state index contributed by atoms with van der Waals surface area (Å²) in [5.74, 6) is 1.03. The Hall–Kier alpha value is -1.54. The topological polar surface area (TPSA) is 9.23 Å². The highest BCUT2D eigenvalue weighted by molar-refractivity contribution is 6.89. The van der Waals surface area contributed by atoms with Crippen LogP contribution in [-0.2, 0) is 13.0 Å². The van der Waals surface area contributed by atoms with Crippen LogP contribution in [0, 0.1) is 0 Å². The summed E-state index contributed by atoms with van der Waals surface area (Å²) >= 11 is 0. The minimum Gasteiger partial charge on any atom is -0.488 e. The lowest BCUT2D eigenvalue weighted by Gasteiger charge is -2.29. The minimum atomic E-state index is -1.38. The van der Waals surface area contributed by atoms with Gasteiger partial charge in [-0.25, -0.2) is 0 Å². The Labute approximate surface area is 135 Å². The van der Waals surface area contributed by atoms with Gasteiger partial charge < -0.3 is 4.74 Å². The molecule has 2 aromatic carbocycles. The SMILES string of the molecule is CCCCc1cc2c(c([Si](C)(C)C)c1)COc1ccccc1-2. The molecule has 116 valence electrons. The van der Waals surface area contributed by atoms with Crippen molar-refractivity contribution in [2.24, 2.45) is 0 Å². The summed E-state index contributed by atoms with van der Waals surface area (Å²) < 4.78 is 6.03. The van der Waals surface area contributed by atoms with Gasteiger partial charge in [0.2, 0.25) is 0 Å². The second-order valence-electron chi connectivity index (χ2n) is 7.31. The van der Waals surface area contributed by atoms with Gasteiger partial charge in [-0.15, -0.1) is 0 Å². The molecule has 22 heavy (non-hydrogen) atoms.